The third-order valence-electron chi connectivity index (χ3n) is 4.70. The molecule has 0 aliphatic carbocycles. The Bertz CT molecular complexity index is 768. The van der Waals surface area contributed by atoms with E-state index in [1.807, 2.05) is 54.3 Å². The third kappa shape index (κ3) is 4.35. The highest BCUT2D eigenvalue weighted by atomic mass is 16.5. The van der Waals surface area contributed by atoms with E-state index >= 15 is 0 Å². The summed E-state index contributed by atoms with van der Waals surface area (Å²) in [6.45, 7) is 5.72. The van der Waals surface area contributed by atoms with E-state index in [1.165, 1.54) is 0 Å². The fourth-order valence-corrected chi connectivity index (χ4v) is 3.08. The largest absolute Gasteiger partial charge is 0.496 e. The average Bonchev–Trinajstić information content (AvgIpc) is 2.66. The first kappa shape index (κ1) is 18.3. The summed E-state index contributed by atoms with van der Waals surface area (Å²) >= 11 is 0. The van der Waals surface area contributed by atoms with Gasteiger partial charge in [0.2, 0.25) is 0 Å². The number of aryl methyl sites for hydroxylation is 1. The Balaban J connectivity index is 1.74. The van der Waals surface area contributed by atoms with Gasteiger partial charge in [-0.15, -0.1) is 0 Å². The Morgan fingerprint density at radius 2 is 1.85 bits per heavy atom. The monoisotopic (exact) mass is 354 g/mol. The number of piperazine rings is 1. The summed E-state index contributed by atoms with van der Waals surface area (Å²) in [5, 5.41) is 0. The Morgan fingerprint density at radius 3 is 2.54 bits per heavy atom. The van der Waals surface area contributed by atoms with Crippen molar-refractivity contribution in [2.75, 3.05) is 40.3 Å². The van der Waals surface area contributed by atoms with E-state index in [1.54, 1.807) is 7.11 Å². The van der Waals surface area contributed by atoms with Crippen LogP contribution in [0.1, 0.15) is 21.5 Å². The van der Waals surface area contributed by atoms with Crippen LogP contribution in [-0.4, -0.2) is 56.0 Å². The molecule has 2 aromatic carbocycles. The van der Waals surface area contributed by atoms with Crippen LogP contribution in [-0.2, 0) is 6.61 Å². The van der Waals surface area contributed by atoms with Crippen LogP contribution in [0.3, 0.4) is 0 Å². The molecule has 5 heteroatoms. The van der Waals surface area contributed by atoms with E-state index in [2.05, 4.69) is 11.9 Å². The second-order valence-electron chi connectivity index (χ2n) is 6.73. The molecule has 1 saturated heterocycles. The fraction of sp³-hybridized carbons (Fsp3) is 0.381. The highest BCUT2D eigenvalue weighted by Gasteiger charge is 2.21. The van der Waals surface area contributed by atoms with Crippen LogP contribution < -0.4 is 9.47 Å². The molecular formula is C21H26N2O3. The number of ether oxygens (including phenoxy) is 2. The number of hydrogen-bond acceptors (Lipinski definition) is 4. The molecule has 0 bridgehead atoms. The van der Waals surface area contributed by atoms with Gasteiger partial charge in [-0.1, -0.05) is 12.1 Å². The highest BCUT2D eigenvalue weighted by Crippen LogP contribution is 2.23. The van der Waals surface area contributed by atoms with E-state index in [9.17, 15) is 4.79 Å². The Hall–Kier alpha value is -2.53. The lowest BCUT2D eigenvalue weighted by molar-refractivity contribution is 0.0664. The van der Waals surface area contributed by atoms with Crippen LogP contribution in [0.5, 0.6) is 11.5 Å². The maximum absolute atomic E-state index is 12.8. The number of carbonyl (C=O) groups excluding carboxylic acids is 1. The van der Waals surface area contributed by atoms with Gasteiger partial charge in [0, 0.05) is 37.3 Å². The van der Waals surface area contributed by atoms with Crippen molar-refractivity contribution in [2.24, 2.45) is 0 Å². The molecule has 0 atom stereocenters. The summed E-state index contributed by atoms with van der Waals surface area (Å²) < 4.78 is 11.3. The van der Waals surface area contributed by atoms with Crippen molar-refractivity contribution in [2.45, 2.75) is 13.5 Å². The molecule has 0 saturated carbocycles. The predicted octanol–water partition coefficient (Wildman–Crippen LogP) is 2.97. The molecule has 0 unspecified atom stereocenters. The molecule has 2 aromatic rings. The normalized spacial score (nSPS) is 15.0. The van der Waals surface area contributed by atoms with Crippen molar-refractivity contribution >= 4 is 5.91 Å². The van der Waals surface area contributed by atoms with E-state index in [-0.39, 0.29) is 5.91 Å². The molecule has 0 aromatic heterocycles. The zero-order chi connectivity index (χ0) is 18.5. The number of likely N-dealkylation sites (N-methyl/N-ethyl adjacent to an activating group) is 1. The fourth-order valence-electron chi connectivity index (χ4n) is 3.08. The number of hydrogen-bond donors (Lipinski definition) is 0. The summed E-state index contributed by atoms with van der Waals surface area (Å²) in [7, 11) is 3.71. The standard InChI is InChI=1S/C21H26N2O3/c1-16-5-4-6-19(13-16)26-15-18-14-17(7-8-20(18)25-3)21(24)23-11-9-22(2)10-12-23/h4-8,13-14H,9-12,15H2,1-3H3. The number of rotatable bonds is 5. The summed E-state index contributed by atoms with van der Waals surface area (Å²) in [5.74, 6) is 1.60. The van der Waals surface area contributed by atoms with Gasteiger partial charge >= 0.3 is 0 Å². The first-order chi connectivity index (χ1) is 12.6. The summed E-state index contributed by atoms with van der Waals surface area (Å²) in [5.41, 5.74) is 2.70. The minimum atomic E-state index is 0.0672. The molecule has 138 valence electrons. The van der Waals surface area contributed by atoms with Gasteiger partial charge in [-0.2, -0.15) is 0 Å². The van der Waals surface area contributed by atoms with E-state index in [0.29, 0.717) is 12.2 Å². The van der Waals surface area contributed by atoms with Crippen LogP contribution in [0.25, 0.3) is 0 Å². The van der Waals surface area contributed by atoms with Gasteiger partial charge in [-0.3, -0.25) is 4.79 Å². The molecule has 0 spiro atoms. The lowest BCUT2D eigenvalue weighted by atomic mass is 10.1. The lowest BCUT2D eigenvalue weighted by Gasteiger charge is -2.32. The minimum absolute atomic E-state index is 0.0672. The van der Waals surface area contributed by atoms with Crippen LogP contribution >= 0.6 is 0 Å². The molecule has 3 rings (SSSR count). The topological polar surface area (TPSA) is 42.0 Å². The molecule has 1 fully saturated rings. The van der Waals surface area contributed by atoms with Crippen molar-refractivity contribution in [3.05, 3.63) is 59.2 Å². The van der Waals surface area contributed by atoms with E-state index in [4.69, 9.17) is 9.47 Å². The smallest absolute Gasteiger partial charge is 0.253 e. The van der Waals surface area contributed by atoms with Crippen molar-refractivity contribution in [3.8, 4) is 11.5 Å². The van der Waals surface area contributed by atoms with Crippen molar-refractivity contribution in [1.29, 1.82) is 0 Å². The Kier molecular flexibility index (Phi) is 5.78. The molecule has 1 amide bonds. The summed E-state index contributed by atoms with van der Waals surface area (Å²) in [6, 6.07) is 13.5. The van der Waals surface area contributed by atoms with Crippen LogP contribution in [0.2, 0.25) is 0 Å². The van der Waals surface area contributed by atoms with Gasteiger partial charge in [-0.05, 0) is 49.9 Å². The van der Waals surface area contributed by atoms with Gasteiger partial charge in [0.05, 0.1) is 7.11 Å². The van der Waals surface area contributed by atoms with Gasteiger partial charge < -0.3 is 19.3 Å². The average molecular weight is 354 g/mol. The first-order valence-corrected chi connectivity index (χ1v) is 8.91. The molecular weight excluding hydrogens is 328 g/mol. The SMILES string of the molecule is COc1ccc(C(=O)N2CCN(C)CC2)cc1COc1cccc(C)c1. The maximum atomic E-state index is 12.8. The molecule has 5 nitrogen and oxygen atoms in total. The van der Waals surface area contributed by atoms with E-state index in [0.717, 1.165) is 48.8 Å². The number of nitrogens with zero attached hydrogens (tertiary/aromatic N) is 2. The zero-order valence-electron chi connectivity index (χ0n) is 15.7. The molecule has 0 radical (unpaired) electrons. The quantitative estimate of drug-likeness (QED) is 0.828. The number of carbonyl (C=O) groups is 1. The highest BCUT2D eigenvalue weighted by molar-refractivity contribution is 5.94. The lowest BCUT2D eigenvalue weighted by Crippen LogP contribution is -2.47. The maximum Gasteiger partial charge on any atom is 0.253 e. The first-order valence-electron chi connectivity index (χ1n) is 8.91. The molecule has 1 aliphatic heterocycles. The van der Waals surface area contributed by atoms with Crippen LogP contribution in [0, 0.1) is 6.92 Å². The van der Waals surface area contributed by atoms with Gasteiger partial charge in [0.1, 0.15) is 18.1 Å². The second-order valence-corrected chi connectivity index (χ2v) is 6.73. The third-order valence-corrected chi connectivity index (χ3v) is 4.70. The van der Waals surface area contributed by atoms with Crippen molar-refractivity contribution in [3.63, 3.8) is 0 Å². The molecule has 1 heterocycles. The van der Waals surface area contributed by atoms with Gasteiger partial charge in [-0.25, -0.2) is 0 Å². The minimum Gasteiger partial charge on any atom is -0.496 e. The van der Waals surface area contributed by atoms with Crippen molar-refractivity contribution < 1.29 is 14.3 Å². The number of amides is 1. The molecule has 0 N–H and O–H groups in total. The Morgan fingerprint density at radius 1 is 1.08 bits per heavy atom. The zero-order valence-corrected chi connectivity index (χ0v) is 15.7. The van der Waals surface area contributed by atoms with E-state index < -0.39 is 0 Å². The predicted molar refractivity (Wildman–Crippen MR) is 102 cm³/mol. The Labute approximate surface area is 155 Å². The van der Waals surface area contributed by atoms with Gasteiger partial charge in [0.15, 0.2) is 0 Å². The van der Waals surface area contributed by atoms with Crippen LogP contribution in [0.4, 0.5) is 0 Å². The second kappa shape index (κ2) is 8.23. The van der Waals surface area contributed by atoms with Gasteiger partial charge in [0.25, 0.3) is 5.91 Å². The van der Waals surface area contributed by atoms with Crippen molar-refractivity contribution in [1.82, 2.24) is 9.80 Å². The number of methoxy groups -OCH3 is 1. The summed E-state index contributed by atoms with van der Waals surface area (Å²) in [6.07, 6.45) is 0. The molecule has 1 aliphatic rings. The number of benzene rings is 2. The summed E-state index contributed by atoms with van der Waals surface area (Å²) in [4.78, 5) is 16.9. The van der Waals surface area contributed by atoms with Crippen LogP contribution in [0.15, 0.2) is 42.5 Å². The molecule has 26 heavy (non-hydrogen) atoms.